The van der Waals surface area contributed by atoms with Crippen LogP contribution in [0, 0.1) is 6.92 Å². The van der Waals surface area contributed by atoms with Gasteiger partial charge in [-0.3, -0.25) is 9.89 Å². The van der Waals surface area contributed by atoms with E-state index in [4.69, 9.17) is 0 Å². The van der Waals surface area contributed by atoms with Gasteiger partial charge in [0.2, 0.25) is 0 Å². The molecule has 0 amide bonds. The predicted molar refractivity (Wildman–Crippen MR) is 133 cm³/mol. The van der Waals surface area contributed by atoms with Gasteiger partial charge in [-0.1, -0.05) is 42.5 Å². The Morgan fingerprint density at radius 1 is 1.10 bits per heavy atom. The maximum atomic E-state index is 4.47. The van der Waals surface area contributed by atoms with Gasteiger partial charge in [0, 0.05) is 50.8 Å². The minimum Gasteiger partial charge on any atom is -0.350 e. The number of aliphatic imine (C=N–C) groups is 1. The lowest BCUT2D eigenvalue weighted by molar-refractivity contribution is 0.173. The lowest BCUT2D eigenvalue weighted by atomic mass is 10.0. The van der Waals surface area contributed by atoms with E-state index in [1.807, 2.05) is 13.2 Å². The monoisotopic (exact) mass is 521 g/mol. The normalized spacial score (nSPS) is 15.4. The van der Waals surface area contributed by atoms with Crippen molar-refractivity contribution in [3.05, 3.63) is 64.1 Å². The van der Waals surface area contributed by atoms with Crippen molar-refractivity contribution in [3.8, 4) is 0 Å². The Balaban J connectivity index is 0.00000240. The van der Waals surface area contributed by atoms with Gasteiger partial charge in [-0.2, -0.15) is 0 Å². The van der Waals surface area contributed by atoms with E-state index in [0.717, 1.165) is 50.2 Å². The highest BCUT2D eigenvalue weighted by Crippen LogP contribution is 2.20. The van der Waals surface area contributed by atoms with E-state index in [9.17, 15) is 0 Å². The van der Waals surface area contributed by atoms with E-state index in [0.29, 0.717) is 0 Å². The van der Waals surface area contributed by atoms with Gasteiger partial charge >= 0.3 is 0 Å². The topological polar surface area (TPSA) is 43.8 Å². The minimum absolute atomic E-state index is 0. The van der Waals surface area contributed by atoms with Gasteiger partial charge in [0.15, 0.2) is 5.96 Å². The number of hydrogen-bond donors (Lipinski definition) is 1. The first-order valence-corrected chi connectivity index (χ1v) is 10.6. The van der Waals surface area contributed by atoms with Crippen LogP contribution >= 0.6 is 35.3 Å². The summed E-state index contributed by atoms with van der Waals surface area (Å²) in [5.41, 5.74) is 1.41. The molecule has 0 saturated carbocycles. The van der Waals surface area contributed by atoms with Crippen LogP contribution in [-0.2, 0) is 13.1 Å². The van der Waals surface area contributed by atoms with Gasteiger partial charge in [-0.15, -0.1) is 35.3 Å². The van der Waals surface area contributed by atoms with Crippen molar-refractivity contribution in [2.24, 2.45) is 4.99 Å². The molecule has 0 aliphatic carbocycles. The fraction of sp³-hybridized carbons (Fsp3) is 0.364. The largest absolute Gasteiger partial charge is 0.350 e. The first-order chi connectivity index (χ1) is 13.7. The van der Waals surface area contributed by atoms with Crippen LogP contribution in [0.1, 0.15) is 15.4 Å². The second-order valence-corrected chi connectivity index (χ2v) is 8.49. The van der Waals surface area contributed by atoms with Crippen molar-refractivity contribution in [1.29, 1.82) is 0 Å². The number of fused-ring (bicyclic) bond motifs is 1. The molecule has 2 aromatic carbocycles. The lowest BCUT2D eigenvalue weighted by Gasteiger charge is -2.36. The number of nitrogens with zero attached hydrogens (tertiary/aromatic N) is 4. The molecule has 3 aromatic rings. The number of hydrogen-bond acceptors (Lipinski definition) is 4. The van der Waals surface area contributed by atoms with E-state index in [1.54, 1.807) is 11.3 Å². The first-order valence-electron chi connectivity index (χ1n) is 9.79. The Bertz CT molecular complexity index is 957. The van der Waals surface area contributed by atoms with Crippen LogP contribution in [0.3, 0.4) is 0 Å². The standard InChI is InChI=1S/C22H27N5S.HI/c1-17-14-24-21(28-17)15-25-22(23-2)27-12-10-26(11-13-27)16-19-8-5-7-18-6-3-4-9-20(18)19;/h3-9,14H,10-13,15-16H2,1-2H3,(H,23,25);1H. The lowest BCUT2D eigenvalue weighted by Crippen LogP contribution is -2.52. The summed E-state index contributed by atoms with van der Waals surface area (Å²) in [7, 11) is 1.86. The highest BCUT2D eigenvalue weighted by atomic mass is 127. The Hall–Kier alpha value is -1.71. The molecule has 1 aliphatic heterocycles. The molecular formula is C22H28IN5S. The minimum atomic E-state index is 0. The third-order valence-electron chi connectivity index (χ3n) is 5.22. The average Bonchev–Trinajstić information content (AvgIpc) is 3.15. The summed E-state index contributed by atoms with van der Waals surface area (Å²) in [6.45, 7) is 7.88. The van der Waals surface area contributed by atoms with Gasteiger partial charge in [-0.05, 0) is 23.3 Å². The molecule has 1 aliphatic rings. The molecular weight excluding hydrogens is 493 g/mol. The molecule has 1 N–H and O–H groups in total. The Morgan fingerprint density at radius 3 is 2.59 bits per heavy atom. The maximum Gasteiger partial charge on any atom is 0.194 e. The van der Waals surface area contributed by atoms with Crippen molar-refractivity contribution < 1.29 is 0 Å². The highest BCUT2D eigenvalue weighted by Gasteiger charge is 2.20. The number of aromatic nitrogens is 1. The van der Waals surface area contributed by atoms with Gasteiger partial charge in [0.05, 0.1) is 6.54 Å². The number of benzene rings is 2. The zero-order valence-electron chi connectivity index (χ0n) is 17.0. The van der Waals surface area contributed by atoms with Gasteiger partial charge in [0.1, 0.15) is 5.01 Å². The zero-order chi connectivity index (χ0) is 19.3. The number of aryl methyl sites for hydroxylation is 1. The maximum absolute atomic E-state index is 4.47. The number of rotatable bonds is 4. The molecule has 0 spiro atoms. The predicted octanol–water partition coefficient (Wildman–Crippen LogP) is 4.12. The fourth-order valence-electron chi connectivity index (χ4n) is 3.76. The van der Waals surface area contributed by atoms with Crippen LogP contribution in [0.4, 0.5) is 0 Å². The van der Waals surface area contributed by atoms with Crippen molar-refractivity contribution in [2.75, 3.05) is 33.2 Å². The van der Waals surface area contributed by atoms with Crippen LogP contribution in [0.15, 0.2) is 53.7 Å². The molecule has 1 saturated heterocycles. The average molecular weight is 521 g/mol. The fourth-order valence-corrected chi connectivity index (χ4v) is 4.49. The third-order valence-corrected chi connectivity index (χ3v) is 6.14. The van der Waals surface area contributed by atoms with Crippen molar-refractivity contribution in [3.63, 3.8) is 0 Å². The first kappa shape index (κ1) is 22.0. The molecule has 7 heteroatoms. The number of piperazine rings is 1. The summed E-state index contributed by atoms with van der Waals surface area (Å²) in [6.07, 6.45) is 1.93. The van der Waals surface area contributed by atoms with E-state index in [1.165, 1.54) is 21.2 Å². The molecule has 4 rings (SSSR count). The molecule has 0 atom stereocenters. The zero-order valence-corrected chi connectivity index (χ0v) is 20.1. The van der Waals surface area contributed by atoms with E-state index < -0.39 is 0 Å². The summed E-state index contributed by atoms with van der Waals surface area (Å²) >= 11 is 1.73. The van der Waals surface area contributed by atoms with Crippen LogP contribution in [-0.4, -0.2) is 54.0 Å². The molecule has 5 nitrogen and oxygen atoms in total. The molecule has 1 aromatic heterocycles. The summed E-state index contributed by atoms with van der Waals surface area (Å²) in [5.74, 6) is 0.970. The van der Waals surface area contributed by atoms with Crippen molar-refractivity contribution >= 4 is 52.0 Å². The second-order valence-electron chi connectivity index (χ2n) is 7.17. The van der Waals surface area contributed by atoms with Crippen molar-refractivity contribution in [2.45, 2.75) is 20.0 Å². The summed E-state index contributed by atoms with van der Waals surface area (Å²) in [5, 5.41) is 7.25. The Kier molecular flexibility index (Phi) is 7.85. The van der Waals surface area contributed by atoms with Crippen LogP contribution < -0.4 is 5.32 Å². The Morgan fingerprint density at radius 2 is 1.86 bits per heavy atom. The summed E-state index contributed by atoms with van der Waals surface area (Å²) in [6, 6.07) is 15.3. The number of nitrogens with one attached hydrogen (secondary N) is 1. The Labute approximate surface area is 193 Å². The van der Waals surface area contributed by atoms with Gasteiger partial charge in [-0.25, -0.2) is 4.98 Å². The molecule has 1 fully saturated rings. The number of thiazole rings is 1. The molecule has 2 heterocycles. The summed E-state index contributed by atoms with van der Waals surface area (Å²) in [4.78, 5) is 15.0. The smallest absolute Gasteiger partial charge is 0.194 e. The molecule has 0 bridgehead atoms. The quantitative estimate of drug-likeness (QED) is 0.319. The van der Waals surface area contributed by atoms with E-state index in [-0.39, 0.29) is 24.0 Å². The van der Waals surface area contributed by atoms with Crippen molar-refractivity contribution in [1.82, 2.24) is 20.1 Å². The molecule has 0 unspecified atom stereocenters. The third kappa shape index (κ3) is 5.46. The van der Waals surface area contributed by atoms with Crippen LogP contribution in [0.5, 0.6) is 0 Å². The number of guanidine groups is 1. The molecule has 0 radical (unpaired) electrons. The number of halogens is 1. The second kappa shape index (κ2) is 10.4. The van der Waals surface area contributed by atoms with Gasteiger partial charge < -0.3 is 10.2 Å². The van der Waals surface area contributed by atoms with Gasteiger partial charge in [0.25, 0.3) is 0 Å². The van der Waals surface area contributed by atoms with E-state index in [2.05, 4.69) is 74.5 Å². The molecule has 29 heavy (non-hydrogen) atoms. The highest BCUT2D eigenvalue weighted by molar-refractivity contribution is 14.0. The van der Waals surface area contributed by atoms with Crippen LogP contribution in [0.2, 0.25) is 0 Å². The van der Waals surface area contributed by atoms with E-state index >= 15 is 0 Å². The van der Waals surface area contributed by atoms with Crippen LogP contribution in [0.25, 0.3) is 10.8 Å². The summed E-state index contributed by atoms with van der Waals surface area (Å²) < 4.78 is 0. The SMILES string of the molecule is CN=C(NCc1ncc(C)s1)N1CCN(Cc2cccc3ccccc23)CC1.I. The molecule has 154 valence electrons.